The smallest absolute Gasteiger partial charge is 0.253 e. The van der Waals surface area contributed by atoms with Crippen molar-refractivity contribution in [2.45, 2.75) is 38.9 Å². The first-order chi connectivity index (χ1) is 16.1. The molecule has 0 aliphatic rings. The van der Waals surface area contributed by atoms with Crippen LogP contribution in [0.15, 0.2) is 46.0 Å². The van der Waals surface area contributed by atoms with E-state index in [4.69, 9.17) is 11.6 Å². The van der Waals surface area contributed by atoms with Gasteiger partial charge in [0.25, 0.3) is 5.91 Å². The summed E-state index contributed by atoms with van der Waals surface area (Å²) in [6.45, 7) is 7.90. The van der Waals surface area contributed by atoms with Crippen LogP contribution in [0, 0.1) is 19.8 Å². The van der Waals surface area contributed by atoms with E-state index in [1.165, 1.54) is 11.8 Å². The number of thioether (sulfide) groups is 1. The van der Waals surface area contributed by atoms with Crippen LogP contribution in [0.1, 0.15) is 47.2 Å². The first-order valence-electron chi connectivity index (χ1n) is 10.7. The molecule has 10 heteroatoms. The third kappa shape index (κ3) is 6.20. The number of halogens is 2. The third-order valence-electron chi connectivity index (χ3n) is 5.31. The van der Waals surface area contributed by atoms with E-state index in [0.717, 1.165) is 21.3 Å². The van der Waals surface area contributed by atoms with Gasteiger partial charge in [-0.3, -0.25) is 9.59 Å². The van der Waals surface area contributed by atoms with Gasteiger partial charge in [0.1, 0.15) is 0 Å². The molecule has 2 amide bonds. The fraction of sp³-hybridized carbons (Fsp3) is 0.333. The van der Waals surface area contributed by atoms with Gasteiger partial charge in [-0.05, 0) is 55.2 Å². The molecule has 1 heterocycles. The SMILES string of the molecule is Cc1cc(Br)cc(C)c1NC(=O)CSc1nnc([C@H](NC(=O)c2ccccc2Cl)C(C)C)n1C. The van der Waals surface area contributed by atoms with Crippen molar-refractivity contribution in [2.24, 2.45) is 13.0 Å². The molecule has 0 saturated carbocycles. The molecule has 1 atom stereocenters. The van der Waals surface area contributed by atoms with Crippen LogP contribution in [-0.4, -0.2) is 32.3 Å². The maximum Gasteiger partial charge on any atom is 0.253 e. The number of anilines is 1. The Morgan fingerprint density at radius 2 is 1.79 bits per heavy atom. The number of hydrogen-bond acceptors (Lipinski definition) is 5. The minimum atomic E-state index is -0.377. The number of carbonyl (C=O) groups excluding carboxylic acids is 2. The van der Waals surface area contributed by atoms with Gasteiger partial charge in [-0.25, -0.2) is 0 Å². The van der Waals surface area contributed by atoms with Crippen LogP contribution in [0.5, 0.6) is 0 Å². The van der Waals surface area contributed by atoms with Crippen LogP contribution in [0.3, 0.4) is 0 Å². The van der Waals surface area contributed by atoms with E-state index < -0.39 is 0 Å². The molecule has 0 aliphatic heterocycles. The topological polar surface area (TPSA) is 88.9 Å². The van der Waals surface area contributed by atoms with Crippen molar-refractivity contribution in [3.05, 3.63) is 68.4 Å². The first kappa shape index (κ1) is 26.2. The van der Waals surface area contributed by atoms with Crippen LogP contribution < -0.4 is 10.6 Å². The lowest BCUT2D eigenvalue weighted by Crippen LogP contribution is -2.33. The van der Waals surface area contributed by atoms with Crippen molar-refractivity contribution >= 4 is 56.8 Å². The normalized spacial score (nSPS) is 12.0. The second-order valence-corrected chi connectivity index (χ2v) is 10.6. The lowest BCUT2D eigenvalue weighted by atomic mass is 10.0. The molecule has 1 aromatic heterocycles. The molecule has 0 fully saturated rings. The minimum absolute atomic E-state index is 0.0545. The second kappa shape index (κ2) is 11.4. The van der Waals surface area contributed by atoms with Gasteiger partial charge in [0.15, 0.2) is 11.0 Å². The van der Waals surface area contributed by atoms with Crippen LogP contribution in [0.25, 0.3) is 0 Å². The van der Waals surface area contributed by atoms with Gasteiger partial charge < -0.3 is 15.2 Å². The highest BCUT2D eigenvalue weighted by molar-refractivity contribution is 9.10. The zero-order valence-corrected chi connectivity index (χ0v) is 22.8. The molecule has 0 unspecified atom stereocenters. The predicted octanol–water partition coefficient (Wildman–Crippen LogP) is 5.71. The van der Waals surface area contributed by atoms with Crippen LogP contribution in [-0.2, 0) is 11.8 Å². The number of amides is 2. The standard InChI is InChI=1S/C24H27BrClN5O2S/c1-13(2)20(28-23(33)17-8-6-7-9-18(17)26)22-29-30-24(31(22)5)34-12-19(32)27-21-14(3)10-16(25)11-15(21)4/h6-11,13,20H,12H2,1-5H3,(H,27,32)(H,28,33)/t20-/m1/s1. The molecule has 0 saturated heterocycles. The molecule has 180 valence electrons. The average Bonchev–Trinajstić information content (AvgIpc) is 3.13. The lowest BCUT2D eigenvalue weighted by molar-refractivity contribution is -0.113. The van der Waals surface area contributed by atoms with Crippen molar-refractivity contribution in [1.29, 1.82) is 0 Å². The van der Waals surface area contributed by atoms with E-state index in [1.54, 1.807) is 24.3 Å². The summed E-state index contributed by atoms with van der Waals surface area (Å²) in [7, 11) is 1.83. The molecule has 7 nitrogen and oxygen atoms in total. The monoisotopic (exact) mass is 563 g/mol. The summed E-state index contributed by atoms with van der Waals surface area (Å²) < 4.78 is 2.79. The molecule has 3 rings (SSSR count). The molecule has 2 aromatic carbocycles. The highest BCUT2D eigenvalue weighted by Gasteiger charge is 2.26. The minimum Gasteiger partial charge on any atom is -0.342 e. The quantitative estimate of drug-likeness (QED) is 0.342. The Hall–Kier alpha value is -2.36. The van der Waals surface area contributed by atoms with E-state index in [2.05, 4.69) is 36.8 Å². The molecule has 0 radical (unpaired) electrons. The summed E-state index contributed by atoms with van der Waals surface area (Å²) in [6, 6.07) is 10.5. The molecular weight excluding hydrogens is 538 g/mol. The van der Waals surface area contributed by atoms with Gasteiger partial charge >= 0.3 is 0 Å². The Labute approximate surface area is 217 Å². The number of aryl methyl sites for hydroxylation is 2. The molecular formula is C24H27BrClN5O2S. The molecule has 0 spiro atoms. The zero-order valence-electron chi connectivity index (χ0n) is 19.6. The van der Waals surface area contributed by atoms with Crippen molar-refractivity contribution in [3.8, 4) is 0 Å². The van der Waals surface area contributed by atoms with E-state index >= 15 is 0 Å². The third-order valence-corrected chi connectivity index (χ3v) is 7.12. The van der Waals surface area contributed by atoms with Crippen LogP contribution in [0.4, 0.5) is 5.69 Å². The average molecular weight is 565 g/mol. The summed E-state index contributed by atoms with van der Waals surface area (Å²) in [5, 5.41) is 15.6. The maximum atomic E-state index is 12.8. The summed E-state index contributed by atoms with van der Waals surface area (Å²) in [4.78, 5) is 25.4. The van der Waals surface area contributed by atoms with E-state index in [0.29, 0.717) is 21.6 Å². The molecule has 3 aromatic rings. The number of hydrogen-bond donors (Lipinski definition) is 2. The Morgan fingerprint density at radius 3 is 2.41 bits per heavy atom. The van der Waals surface area contributed by atoms with Crippen molar-refractivity contribution in [2.75, 3.05) is 11.1 Å². The Bertz CT molecular complexity index is 1190. The summed E-state index contributed by atoms with van der Waals surface area (Å²) in [5.41, 5.74) is 3.19. The maximum absolute atomic E-state index is 12.8. The first-order valence-corrected chi connectivity index (χ1v) is 12.9. The Morgan fingerprint density at radius 1 is 1.15 bits per heavy atom. The highest BCUT2D eigenvalue weighted by atomic mass is 79.9. The Balaban J connectivity index is 1.69. The van der Waals surface area contributed by atoms with E-state index in [9.17, 15) is 9.59 Å². The van der Waals surface area contributed by atoms with Gasteiger partial charge in [-0.15, -0.1) is 10.2 Å². The predicted molar refractivity (Wildman–Crippen MR) is 140 cm³/mol. The van der Waals surface area contributed by atoms with Crippen molar-refractivity contribution in [1.82, 2.24) is 20.1 Å². The molecule has 0 aliphatic carbocycles. The Kier molecular flexibility index (Phi) is 8.78. The number of aromatic nitrogens is 3. The summed E-state index contributed by atoms with van der Waals surface area (Å²) in [6.07, 6.45) is 0. The fourth-order valence-electron chi connectivity index (χ4n) is 3.53. The van der Waals surface area contributed by atoms with Gasteiger partial charge in [0.2, 0.25) is 5.91 Å². The van der Waals surface area contributed by atoms with Gasteiger partial charge in [0, 0.05) is 17.2 Å². The second-order valence-electron chi connectivity index (χ2n) is 8.33. The lowest BCUT2D eigenvalue weighted by Gasteiger charge is -2.22. The van der Waals surface area contributed by atoms with Crippen LogP contribution >= 0.6 is 39.3 Å². The molecule has 2 N–H and O–H groups in total. The van der Waals surface area contributed by atoms with E-state index in [-0.39, 0.29) is 29.5 Å². The molecule has 34 heavy (non-hydrogen) atoms. The number of carbonyl (C=O) groups is 2. The van der Waals surface area contributed by atoms with E-state index in [1.807, 2.05) is 51.4 Å². The number of nitrogens with one attached hydrogen (secondary N) is 2. The van der Waals surface area contributed by atoms with Gasteiger partial charge in [-0.1, -0.05) is 65.3 Å². The summed E-state index contributed by atoms with van der Waals surface area (Å²) >= 11 is 10.9. The largest absolute Gasteiger partial charge is 0.342 e. The van der Waals surface area contributed by atoms with Crippen molar-refractivity contribution in [3.63, 3.8) is 0 Å². The van der Waals surface area contributed by atoms with Gasteiger partial charge in [-0.2, -0.15) is 0 Å². The van der Waals surface area contributed by atoms with Crippen molar-refractivity contribution < 1.29 is 9.59 Å². The fourth-order valence-corrected chi connectivity index (χ4v) is 5.16. The molecule has 0 bridgehead atoms. The van der Waals surface area contributed by atoms with Crippen LogP contribution in [0.2, 0.25) is 5.02 Å². The number of benzene rings is 2. The highest BCUT2D eigenvalue weighted by Crippen LogP contribution is 2.27. The number of rotatable bonds is 8. The number of nitrogens with zero attached hydrogens (tertiary/aromatic N) is 3. The summed E-state index contributed by atoms with van der Waals surface area (Å²) in [5.74, 6) is 0.438. The zero-order chi connectivity index (χ0) is 25.0. The van der Waals surface area contributed by atoms with Gasteiger partial charge in [0.05, 0.1) is 22.4 Å².